The van der Waals surface area contributed by atoms with E-state index in [1.54, 1.807) is 0 Å². The number of likely N-dealkylation sites (tertiary alicyclic amines) is 1. The van der Waals surface area contributed by atoms with E-state index in [-0.39, 0.29) is 0 Å². The van der Waals surface area contributed by atoms with E-state index in [1.165, 1.54) is 24.9 Å². The molecule has 0 saturated carbocycles. The van der Waals surface area contributed by atoms with Gasteiger partial charge in [0, 0.05) is 37.4 Å². The molecule has 4 heteroatoms. The zero-order chi connectivity index (χ0) is 13.8. The van der Waals surface area contributed by atoms with Crippen LogP contribution in [0.3, 0.4) is 0 Å². The van der Waals surface area contributed by atoms with Gasteiger partial charge in [0.2, 0.25) is 0 Å². The van der Waals surface area contributed by atoms with Crippen LogP contribution in [0.5, 0.6) is 0 Å². The summed E-state index contributed by atoms with van der Waals surface area (Å²) in [7, 11) is 6.37. The molecule has 1 aromatic rings. The third-order valence-electron chi connectivity index (χ3n) is 4.23. The molecule has 1 aromatic heterocycles. The SMILES string of the molecule is CNC(C)c1cccnc1N(C)CC1CCCN1C. The highest BCUT2D eigenvalue weighted by Gasteiger charge is 2.23. The van der Waals surface area contributed by atoms with Gasteiger partial charge < -0.3 is 15.1 Å². The van der Waals surface area contributed by atoms with Crippen LogP contribution < -0.4 is 10.2 Å². The monoisotopic (exact) mass is 262 g/mol. The highest BCUT2D eigenvalue weighted by molar-refractivity contribution is 5.47. The topological polar surface area (TPSA) is 31.4 Å². The first kappa shape index (κ1) is 14.3. The molecule has 0 aromatic carbocycles. The van der Waals surface area contributed by atoms with Gasteiger partial charge in [0.05, 0.1) is 0 Å². The Kier molecular flexibility index (Phi) is 4.77. The molecule has 19 heavy (non-hydrogen) atoms. The van der Waals surface area contributed by atoms with Gasteiger partial charge in [-0.1, -0.05) is 6.07 Å². The van der Waals surface area contributed by atoms with Crippen LogP contribution in [0.15, 0.2) is 18.3 Å². The van der Waals surface area contributed by atoms with E-state index in [0.717, 1.165) is 12.4 Å². The Morgan fingerprint density at radius 1 is 1.58 bits per heavy atom. The smallest absolute Gasteiger partial charge is 0.133 e. The van der Waals surface area contributed by atoms with Crippen molar-refractivity contribution in [3.8, 4) is 0 Å². The average molecular weight is 262 g/mol. The first-order valence-electron chi connectivity index (χ1n) is 7.17. The van der Waals surface area contributed by atoms with Crippen LogP contribution in [0.1, 0.15) is 31.4 Å². The van der Waals surface area contributed by atoms with E-state index < -0.39 is 0 Å². The highest BCUT2D eigenvalue weighted by atomic mass is 15.2. The van der Waals surface area contributed by atoms with E-state index in [1.807, 2.05) is 19.3 Å². The van der Waals surface area contributed by atoms with E-state index in [9.17, 15) is 0 Å². The average Bonchev–Trinajstić information content (AvgIpc) is 2.83. The molecule has 0 spiro atoms. The van der Waals surface area contributed by atoms with Crippen molar-refractivity contribution in [1.82, 2.24) is 15.2 Å². The molecule has 1 N–H and O–H groups in total. The second-order valence-corrected chi connectivity index (χ2v) is 5.58. The first-order valence-corrected chi connectivity index (χ1v) is 7.17. The summed E-state index contributed by atoms with van der Waals surface area (Å²) in [5.74, 6) is 1.10. The Labute approximate surface area is 116 Å². The van der Waals surface area contributed by atoms with Crippen LogP contribution in [-0.2, 0) is 0 Å². The minimum absolute atomic E-state index is 0.326. The van der Waals surface area contributed by atoms with Crippen LogP contribution >= 0.6 is 0 Å². The molecule has 4 nitrogen and oxygen atoms in total. The largest absolute Gasteiger partial charge is 0.358 e. The van der Waals surface area contributed by atoms with Crippen LogP contribution in [0.2, 0.25) is 0 Å². The number of rotatable bonds is 5. The lowest BCUT2D eigenvalue weighted by Gasteiger charge is -2.29. The number of pyridine rings is 1. The van der Waals surface area contributed by atoms with Gasteiger partial charge in [-0.05, 0) is 46.5 Å². The van der Waals surface area contributed by atoms with Crippen LogP contribution in [0, 0.1) is 0 Å². The molecular weight excluding hydrogens is 236 g/mol. The Hall–Kier alpha value is -1.13. The number of hydrogen-bond acceptors (Lipinski definition) is 4. The minimum atomic E-state index is 0.326. The lowest BCUT2D eigenvalue weighted by atomic mass is 10.1. The van der Waals surface area contributed by atoms with Crippen molar-refractivity contribution in [2.45, 2.75) is 31.8 Å². The third-order valence-corrected chi connectivity index (χ3v) is 4.23. The predicted molar refractivity (Wildman–Crippen MR) is 80.6 cm³/mol. The molecule has 1 aliphatic heterocycles. The quantitative estimate of drug-likeness (QED) is 0.878. The number of nitrogens with zero attached hydrogens (tertiary/aromatic N) is 3. The molecule has 1 aliphatic rings. The van der Waals surface area contributed by atoms with Gasteiger partial charge in [0.15, 0.2) is 0 Å². The Bertz CT molecular complexity index is 407. The molecule has 2 heterocycles. The van der Waals surface area contributed by atoms with Gasteiger partial charge in [-0.15, -0.1) is 0 Å². The van der Waals surface area contributed by atoms with E-state index >= 15 is 0 Å². The third kappa shape index (κ3) is 3.25. The maximum atomic E-state index is 4.58. The molecular formula is C15H26N4. The number of hydrogen-bond donors (Lipinski definition) is 1. The molecule has 1 fully saturated rings. The van der Waals surface area contributed by atoms with Gasteiger partial charge in [-0.2, -0.15) is 0 Å². The second-order valence-electron chi connectivity index (χ2n) is 5.58. The Balaban J connectivity index is 2.12. The summed E-state index contributed by atoms with van der Waals surface area (Å²) < 4.78 is 0. The fourth-order valence-corrected chi connectivity index (χ4v) is 2.83. The fourth-order valence-electron chi connectivity index (χ4n) is 2.83. The number of anilines is 1. The maximum absolute atomic E-state index is 4.58. The van der Waals surface area contributed by atoms with Crippen molar-refractivity contribution < 1.29 is 0 Å². The summed E-state index contributed by atoms with van der Waals surface area (Å²) in [6.45, 7) is 4.45. The summed E-state index contributed by atoms with van der Waals surface area (Å²) in [5, 5.41) is 3.30. The number of aromatic nitrogens is 1. The zero-order valence-corrected chi connectivity index (χ0v) is 12.6. The summed E-state index contributed by atoms with van der Waals surface area (Å²) >= 11 is 0. The summed E-state index contributed by atoms with van der Waals surface area (Å²) in [6, 6.07) is 5.16. The standard InChI is InChI=1S/C15H26N4/c1-12(16-2)14-8-5-9-17-15(14)19(4)11-13-7-6-10-18(13)3/h5,8-9,12-13,16H,6-7,10-11H2,1-4H3. The number of likely N-dealkylation sites (N-methyl/N-ethyl adjacent to an activating group) is 2. The Morgan fingerprint density at radius 3 is 3.00 bits per heavy atom. The number of nitrogens with one attached hydrogen (secondary N) is 1. The van der Waals surface area contributed by atoms with Gasteiger partial charge in [0.25, 0.3) is 0 Å². The first-order chi connectivity index (χ1) is 9.13. The van der Waals surface area contributed by atoms with Crippen molar-refractivity contribution in [2.75, 3.05) is 39.1 Å². The highest BCUT2D eigenvalue weighted by Crippen LogP contribution is 2.24. The van der Waals surface area contributed by atoms with Crippen molar-refractivity contribution in [2.24, 2.45) is 0 Å². The van der Waals surface area contributed by atoms with Crippen molar-refractivity contribution in [3.63, 3.8) is 0 Å². The zero-order valence-electron chi connectivity index (χ0n) is 12.6. The van der Waals surface area contributed by atoms with Gasteiger partial charge in [0.1, 0.15) is 5.82 Å². The van der Waals surface area contributed by atoms with Gasteiger partial charge in [-0.25, -0.2) is 4.98 Å². The molecule has 2 unspecified atom stereocenters. The van der Waals surface area contributed by atoms with Crippen molar-refractivity contribution in [3.05, 3.63) is 23.9 Å². The molecule has 2 rings (SSSR count). The summed E-state index contributed by atoms with van der Waals surface area (Å²) in [5.41, 5.74) is 1.27. The van der Waals surface area contributed by atoms with Crippen LogP contribution in [0.4, 0.5) is 5.82 Å². The fraction of sp³-hybridized carbons (Fsp3) is 0.667. The molecule has 2 atom stereocenters. The maximum Gasteiger partial charge on any atom is 0.133 e. The summed E-state index contributed by atoms with van der Waals surface area (Å²) in [4.78, 5) is 9.34. The predicted octanol–water partition coefficient (Wildman–Crippen LogP) is 1.89. The Morgan fingerprint density at radius 2 is 2.37 bits per heavy atom. The van der Waals surface area contributed by atoms with Gasteiger partial charge in [-0.3, -0.25) is 0 Å². The van der Waals surface area contributed by atoms with E-state index in [0.29, 0.717) is 12.1 Å². The lowest BCUT2D eigenvalue weighted by Crippen LogP contribution is -2.37. The second kappa shape index (κ2) is 6.35. The lowest BCUT2D eigenvalue weighted by molar-refractivity contribution is 0.314. The van der Waals surface area contributed by atoms with E-state index in [2.05, 4.69) is 47.2 Å². The molecule has 0 aliphatic carbocycles. The van der Waals surface area contributed by atoms with Gasteiger partial charge >= 0.3 is 0 Å². The molecule has 1 saturated heterocycles. The van der Waals surface area contributed by atoms with Crippen molar-refractivity contribution in [1.29, 1.82) is 0 Å². The van der Waals surface area contributed by atoms with Crippen LogP contribution in [-0.4, -0.2) is 50.2 Å². The van der Waals surface area contributed by atoms with Crippen molar-refractivity contribution >= 4 is 5.82 Å². The molecule has 0 radical (unpaired) electrons. The van der Waals surface area contributed by atoms with Crippen LogP contribution in [0.25, 0.3) is 0 Å². The molecule has 0 amide bonds. The minimum Gasteiger partial charge on any atom is -0.358 e. The normalized spacial score (nSPS) is 21.6. The molecule has 0 bridgehead atoms. The molecule has 106 valence electrons. The summed E-state index contributed by atoms with van der Waals surface area (Å²) in [6.07, 6.45) is 4.50. The van der Waals surface area contributed by atoms with E-state index in [4.69, 9.17) is 0 Å².